The second kappa shape index (κ2) is 18.2. The smallest absolute Gasteiger partial charge is 0.411 e. The first-order valence-electron chi connectivity index (χ1n) is 12.0. The van der Waals surface area contributed by atoms with Crippen molar-refractivity contribution in [2.24, 2.45) is 0 Å². The molecule has 1 amide bonds. The Morgan fingerprint density at radius 2 is 1.74 bits per heavy atom. The molecule has 1 unspecified atom stereocenters. The molecule has 0 radical (unpaired) electrons. The van der Waals surface area contributed by atoms with Crippen molar-refractivity contribution in [3.8, 4) is 0 Å². The van der Waals surface area contributed by atoms with Gasteiger partial charge >= 0.3 is 12.1 Å². The van der Waals surface area contributed by atoms with Crippen molar-refractivity contribution in [3.05, 3.63) is 28.2 Å². The Morgan fingerprint density at radius 3 is 2.24 bits per heavy atom. The van der Waals surface area contributed by atoms with E-state index in [0.717, 1.165) is 6.61 Å². The summed E-state index contributed by atoms with van der Waals surface area (Å²) < 4.78 is 34.7. The van der Waals surface area contributed by atoms with Gasteiger partial charge in [-0.15, -0.1) is 0 Å². The fourth-order valence-electron chi connectivity index (χ4n) is 2.99. The lowest BCUT2D eigenvalue weighted by atomic mass is 10.1. The number of carbonyl (C=O) groups is 2. The lowest BCUT2D eigenvalue weighted by molar-refractivity contribution is 0.0143. The first-order valence-corrected chi connectivity index (χ1v) is 12.8. The van der Waals surface area contributed by atoms with E-state index in [1.54, 1.807) is 13.8 Å². The lowest BCUT2D eigenvalue weighted by Crippen LogP contribution is -2.17. The maximum Gasteiger partial charge on any atom is 0.411 e. The van der Waals surface area contributed by atoms with Crippen molar-refractivity contribution >= 4 is 44.6 Å². The highest BCUT2D eigenvalue weighted by Crippen LogP contribution is 2.35. The number of carbonyl (C=O) groups excluding carboxylic acids is 2. The molecule has 1 N–H and O–H groups in total. The Kier molecular flexibility index (Phi) is 17.1. The molecule has 1 aromatic carbocycles. The molecule has 7 nitrogen and oxygen atoms in total. The highest BCUT2D eigenvalue weighted by molar-refractivity contribution is 9.10. The van der Waals surface area contributed by atoms with Gasteiger partial charge in [0.05, 0.1) is 19.3 Å². The summed E-state index contributed by atoms with van der Waals surface area (Å²) in [5.74, 6) is -1.77. The topological polar surface area (TPSA) is 87.0 Å². The first kappa shape index (κ1) is 31.9. The van der Waals surface area contributed by atoms with Gasteiger partial charge in [0.1, 0.15) is 5.69 Å². The van der Waals surface area contributed by atoms with Gasteiger partial charge < -0.3 is 18.6 Å². The molecule has 1 fully saturated rings. The molecule has 2 heterocycles. The third-order valence-corrected chi connectivity index (χ3v) is 4.86. The number of hydrogen-bond acceptors (Lipinski definition) is 6. The van der Waals surface area contributed by atoms with Crippen LogP contribution < -0.4 is 5.32 Å². The van der Waals surface area contributed by atoms with Crippen molar-refractivity contribution in [1.82, 2.24) is 0 Å². The lowest BCUT2D eigenvalue weighted by Gasteiger charge is -2.20. The third kappa shape index (κ3) is 10.0. The standard InChI is InChI=1S/C14H13BrFNO5.C7H14O.2C2H6/c1-3-20-13(18)12-10(17-14(19)21-4-2)8-5-7(15)6-9(16)11(8)22-12;1-2-7-5-3-4-6-8-7;2*1-2/h5-6H,3-4H2,1-2H3,(H,17,19);7H,2-6H2,1H3;2*1-2H3. The Morgan fingerprint density at radius 1 is 1.09 bits per heavy atom. The van der Waals surface area contributed by atoms with Gasteiger partial charge in [0.15, 0.2) is 11.4 Å². The zero-order chi connectivity index (χ0) is 26.1. The van der Waals surface area contributed by atoms with E-state index in [1.807, 2.05) is 27.7 Å². The predicted molar refractivity (Wildman–Crippen MR) is 137 cm³/mol. The molecule has 0 bridgehead atoms. The molecule has 1 aliphatic heterocycles. The van der Waals surface area contributed by atoms with Gasteiger partial charge in [-0.2, -0.15) is 0 Å². The van der Waals surface area contributed by atoms with E-state index in [-0.39, 0.29) is 35.6 Å². The molecule has 34 heavy (non-hydrogen) atoms. The molecule has 2 aromatic rings. The quantitative estimate of drug-likeness (QED) is 0.380. The number of nitrogens with one attached hydrogen (secondary N) is 1. The van der Waals surface area contributed by atoms with Crippen LogP contribution in [0.15, 0.2) is 21.0 Å². The Hall–Kier alpha value is -2.13. The molecular formula is C25H39BrFNO6. The number of hydrogen-bond donors (Lipinski definition) is 1. The molecule has 3 rings (SSSR count). The third-order valence-electron chi connectivity index (χ3n) is 4.40. The maximum absolute atomic E-state index is 14.0. The van der Waals surface area contributed by atoms with Crippen LogP contribution in [0.3, 0.4) is 0 Å². The molecule has 0 aliphatic carbocycles. The van der Waals surface area contributed by atoms with Crippen molar-refractivity contribution in [1.29, 1.82) is 0 Å². The number of benzene rings is 1. The van der Waals surface area contributed by atoms with Gasteiger partial charge in [-0.1, -0.05) is 50.5 Å². The van der Waals surface area contributed by atoms with Gasteiger partial charge in [-0.25, -0.2) is 14.0 Å². The van der Waals surface area contributed by atoms with E-state index in [4.69, 9.17) is 18.6 Å². The van der Waals surface area contributed by atoms with Crippen LogP contribution in [0, 0.1) is 5.82 Å². The van der Waals surface area contributed by atoms with Crippen molar-refractivity contribution in [2.75, 3.05) is 25.1 Å². The van der Waals surface area contributed by atoms with Crippen LogP contribution in [0.4, 0.5) is 14.9 Å². The van der Waals surface area contributed by atoms with E-state index in [2.05, 4.69) is 28.2 Å². The van der Waals surface area contributed by atoms with Crippen LogP contribution in [0.1, 0.15) is 84.7 Å². The van der Waals surface area contributed by atoms with E-state index in [1.165, 1.54) is 37.8 Å². The molecule has 1 aliphatic rings. The zero-order valence-electron chi connectivity index (χ0n) is 21.4. The Balaban J connectivity index is 0.000000755. The summed E-state index contributed by atoms with van der Waals surface area (Å²) in [6.45, 7) is 14.7. The Bertz CT molecular complexity index is 865. The van der Waals surface area contributed by atoms with E-state index < -0.39 is 17.9 Å². The van der Waals surface area contributed by atoms with E-state index >= 15 is 0 Å². The minimum atomic E-state index is -0.805. The van der Waals surface area contributed by atoms with Gasteiger partial charge in [0, 0.05) is 16.5 Å². The number of rotatable bonds is 5. The van der Waals surface area contributed by atoms with Gasteiger partial charge in [-0.05, 0) is 51.7 Å². The Labute approximate surface area is 210 Å². The van der Waals surface area contributed by atoms with Gasteiger partial charge in [-0.3, -0.25) is 5.32 Å². The summed E-state index contributed by atoms with van der Waals surface area (Å²) in [5, 5.41) is 2.61. The summed E-state index contributed by atoms with van der Waals surface area (Å²) in [6, 6.07) is 2.71. The van der Waals surface area contributed by atoms with Crippen LogP contribution >= 0.6 is 15.9 Å². The monoisotopic (exact) mass is 547 g/mol. The summed E-state index contributed by atoms with van der Waals surface area (Å²) in [6.07, 6.45) is 4.94. The van der Waals surface area contributed by atoms with Crippen molar-refractivity contribution in [2.45, 2.75) is 80.3 Å². The molecule has 1 atom stereocenters. The van der Waals surface area contributed by atoms with Crippen molar-refractivity contribution in [3.63, 3.8) is 0 Å². The molecule has 194 valence electrons. The fraction of sp³-hybridized carbons (Fsp3) is 0.600. The molecule has 1 aromatic heterocycles. The van der Waals surface area contributed by atoms with Crippen LogP contribution in [0.25, 0.3) is 11.0 Å². The number of ether oxygens (including phenoxy) is 3. The largest absolute Gasteiger partial charge is 0.460 e. The second-order valence-electron chi connectivity index (χ2n) is 6.53. The van der Waals surface area contributed by atoms with Gasteiger partial charge in [0.25, 0.3) is 0 Å². The van der Waals surface area contributed by atoms with Crippen LogP contribution in [-0.4, -0.2) is 38.0 Å². The minimum Gasteiger partial charge on any atom is -0.460 e. The number of amides is 1. The second-order valence-corrected chi connectivity index (χ2v) is 7.45. The normalized spacial score (nSPS) is 14.3. The highest BCUT2D eigenvalue weighted by Gasteiger charge is 2.25. The molecular weight excluding hydrogens is 509 g/mol. The van der Waals surface area contributed by atoms with E-state index in [0.29, 0.717) is 10.6 Å². The summed E-state index contributed by atoms with van der Waals surface area (Å²) in [5.41, 5.74) is -0.148. The summed E-state index contributed by atoms with van der Waals surface area (Å²) >= 11 is 3.15. The minimum absolute atomic E-state index is 0.00657. The zero-order valence-corrected chi connectivity index (χ0v) is 23.0. The first-order chi connectivity index (χ1) is 16.4. The number of halogens is 2. The molecule has 9 heteroatoms. The summed E-state index contributed by atoms with van der Waals surface area (Å²) in [7, 11) is 0. The fourth-order valence-corrected chi connectivity index (χ4v) is 3.42. The van der Waals surface area contributed by atoms with Crippen LogP contribution in [0.5, 0.6) is 0 Å². The average Bonchev–Trinajstić information content (AvgIpc) is 3.21. The number of fused-ring (bicyclic) bond motifs is 1. The maximum atomic E-state index is 14.0. The average molecular weight is 548 g/mol. The van der Waals surface area contributed by atoms with Crippen molar-refractivity contribution < 1.29 is 32.6 Å². The SMILES string of the molecule is CC.CC.CCC1CCCCO1.CCOC(=O)Nc1c(C(=O)OCC)oc2c(F)cc(Br)cc12. The van der Waals surface area contributed by atoms with Crippen LogP contribution in [-0.2, 0) is 14.2 Å². The highest BCUT2D eigenvalue weighted by atomic mass is 79.9. The molecule has 0 saturated carbocycles. The summed E-state index contributed by atoms with van der Waals surface area (Å²) in [4.78, 5) is 23.6. The number of esters is 1. The number of furan rings is 1. The van der Waals surface area contributed by atoms with Gasteiger partial charge in [0.2, 0.25) is 5.76 Å². The van der Waals surface area contributed by atoms with E-state index in [9.17, 15) is 14.0 Å². The molecule has 1 saturated heterocycles. The number of anilines is 1. The van der Waals surface area contributed by atoms with Crippen LogP contribution in [0.2, 0.25) is 0 Å². The predicted octanol–water partition coefficient (Wildman–Crippen LogP) is 8.10. The molecule has 0 spiro atoms.